The third-order valence-corrected chi connectivity index (χ3v) is 10.2. The van der Waals surface area contributed by atoms with Crippen molar-refractivity contribution in [3.63, 3.8) is 0 Å². The van der Waals surface area contributed by atoms with E-state index in [0.717, 1.165) is 38.5 Å². The predicted octanol–water partition coefficient (Wildman–Crippen LogP) is 3.23. The Bertz CT molecular complexity index is 999. The highest BCUT2D eigenvalue weighted by molar-refractivity contribution is 5.92. The van der Waals surface area contributed by atoms with Crippen molar-refractivity contribution >= 4 is 23.6 Å². The molecule has 1 aliphatic heterocycles. The van der Waals surface area contributed by atoms with Crippen molar-refractivity contribution in [3.8, 4) is 0 Å². The lowest BCUT2D eigenvalue weighted by atomic mass is 9.99. The number of aliphatic hydroxyl groups is 4. The lowest BCUT2D eigenvalue weighted by Gasteiger charge is -2.39. The Morgan fingerprint density at radius 1 is 0.691 bits per heavy atom. The predicted molar refractivity (Wildman–Crippen MR) is 211 cm³/mol. The van der Waals surface area contributed by atoms with E-state index in [-0.39, 0.29) is 31.9 Å². The van der Waals surface area contributed by atoms with Crippen LogP contribution in [0.3, 0.4) is 0 Å². The van der Waals surface area contributed by atoms with Gasteiger partial charge < -0.3 is 45.4 Å². The van der Waals surface area contributed by atoms with Gasteiger partial charge in [-0.15, -0.1) is 0 Å². The molecule has 1 rings (SSSR count). The van der Waals surface area contributed by atoms with Crippen LogP contribution in [0, 0.1) is 0 Å². The lowest BCUT2D eigenvalue weighted by Crippen LogP contribution is -2.59. The van der Waals surface area contributed by atoms with E-state index in [0.29, 0.717) is 13.1 Å². The Labute approximate surface area is 330 Å². The molecule has 0 spiro atoms. The number of rotatable bonds is 34. The van der Waals surface area contributed by atoms with E-state index in [4.69, 9.17) is 15.3 Å². The van der Waals surface area contributed by atoms with Gasteiger partial charge in [0.1, 0.15) is 30.5 Å². The summed E-state index contributed by atoms with van der Waals surface area (Å²) < 4.78 is 10.6. The number of nitrogens with zero attached hydrogens (tertiary/aromatic N) is 1. The zero-order valence-electron chi connectivity index (χ0n) is 34.0. The van der Waals surface area contributed by atoms with E-state index in [9.17, 15) is 39.6 Å². The molecule has 55 heavy (non-hydrogen) atoms. The molecule has 15 heteroatoms. The molecule has 1 unspecified atom stereocenters. The maximum absolute atomic E-state index is 13.3. The normalized spacial score (nSPS) is 20.2. The number of amides is 4. The average Bonchev–Trinajstić information content (AvgIpc) is 3.18. The van der Waals surface area contributed by atoms with Gasteiger partial charge in [0.2, 0.25) is 17.7 Å². The highest BCUT2D eigenvalue weighted by Crippen LogP contribution is 2.22. The molecule has 6 atom stereocenters. The van der Waals surface area contributed by atoms with Crippen LogP contribution in [0.15, 0.2) is 0 Å². The van der Waals surface area contributed by atoms with Gasteiger partial charge in [0, 0.05) is 32.5 Å². The number of nitrogens with two attached hydrogens (primary N) is 1. The Morgan fingerprint density at radius 3 is 1.65 bits per heavy atom. The number of hydrogen-bond donors (Lipinski definition) is 8. The molecule has 1 aliphatic rings. The van der Waals surface area contributed by atoms with E-state index in [1.165, 1.54) is 89.9 Å². The second-order valence-corrected chi connectivity index (χ2v) is 15.0. The number of hydrogen-bond acceptors (Lipinski definition) is 11. The first kappa shape index (κ1) is 50.6. The number of hydrazine groups is 1. The van der Waals surface area contributed by atoms with Gasteiger partial charge >= 0.3 is 0 Å². The van der Waals surface area contributed by atoms with Crippen LogP contribution in [0.5, 0.6) is 0 Å². The van der Waals surface area contributed by atoms with Crippen LogP contribution >= 0.6 is 0 Å². The first-order chi connectivity index (χ1) is 26.6. The average molecular weight is 788 g/mol. The monoisotopic (exact) mass is 788 g/mol. The molecule has 0 aliphatic carbocycles. The van der Waals surface area contributed by atoms with Crippen molar-refractivity contribution in [3.05, 3.63) is 0 Å². The van der Waals surface area contributed by atoms with Crippen LogP contribution in [-0.4, -0.2) is 119 Å². The molecular weight excluding hydrogens is 710 g/mol. The van der Waals surface area contributed by atoms with Crippen molar-refractivity contribution < 1.29 is 49.1 Å². The molecule has 322 valence electrons. The Kier molecular flexibility index (Phi) is 30.1. The number of ether oxygens (including phenoxy) is 2. The maximum Gasteiger partial charge on any atom is 0.256 e. The van der Waals surface area contributed by atoms with Gasteiger partial charge in [0.05, 0.1) is 19.6 Å². The Hall–Kier alpha value is -2.40. The van der Waals surface area contributed by atoms with E-state index >= 15 is 0 Å². The molecule has 0 radical (unpaired) electrons. The molecule has 9 N–H and O–H groups in total. The number of nitrogens with one attached hydrogen (secondary N) is 3. The molecule has 0 aromatic rings. The second kappa shape index (κ2) is 32.7. The standard InChI is InChI=1S/C40H77N5O10/c1-3-5-7-9-11-13-15-17-19-21-26-45(27-22-20-18-16-14-12-10-8-6-4-2)35(49)24-23-33(47)43-31(39(53)44-41)29-34(48)42-25-28-54-40-38(52)37(51)36(50)32(30-46)55-40/h31-32,36-38,40,46,50-52H,3-30,41H2,1-2H3,(H,42,48)(H,43,47)(H,44,53)/t31?,32-,36+,37+,38-,40-/m1/s1. The fraction of sp³-hybridized carbons (Fsp3) is 0.900. The minimum absolute atomic E-state index is 0.0141. The summed E-state index contributed by atoms with van der Waals surface area (Å²) in [6.07, 6.45) is 16.4. The van der Waals surface area contributed by atoms with Crippen molar-refractivity contribution in [2.75, 3.05) is 32.8 Å². The molecule has 4 amide bonds. The largest absolute Gasteiger partial charge is 0.394 e. The third-order valence-electron chi connectivity index (χ3n) is 10.2. The summed E-state index contributed by atoms with van der Waals surface area (Å²) in [4.78, 5) is 53.1. The molecule has 1 heterocycles. The van der Waals surface area contributed by atoms with E-state index in [1.807, 2.05) is 10.3 Å². The fourth-order valence-electron chi connectivity index (χ4n) is 6.72. The van der Waals surface area contributed by atoms with Gasteiger partial charge in [-0.3, -0.25) is 24.6 Å². The van der Waals surface area contributed by atoms with Crippen molar-refractivity contribution in [2.45, 2.75) is 198 Å². The smallest absolute Gasteiger partial charge is 0.256 e. The Morgan fingerprint density at radius 2 is 1.18 bits per heavy atom. The second-order valence-electron chi connectivity index (χ2n) is 15.0. The van der Waals surface area contributed by atoms with Crippen LogP contribution in [0.4, 0.5) is 0 Å². The van der Waals surface area contributed by atoms with Crippen molar-refractivity contribution in [1.29, 1.82) is 0 Å². The van der Waals surface area contributed by atoms with Gasteiger partial charge in [-0.2, -0.15) is 0 Å². The Balaban J connectivity index is 2.54. The SMILES string of the molecule is CCCCCCCCCCCCN(CCCCCCCCCCCC)C(=O)CCC(=O)NC(CC(=O)NCCO[C@@H]1O[C@H](CO)[C@H](O)[C@H](O)[C@H]1O)C(=O)NN. The highest BCUT2D eigenvalue weighted by Gasteiger charge is 2.44. The number of unbranched alkanes of at least 4 members (excludes halogenated alkanes) is 18. The van der Waals surface area contributed by atoms with Crippen LogP contribution in [-0.2, 0) is 28.7 Å². The summed E-state index contributed by atoms with van der Waals surface area (Å²) in [5.41, 5.74) is 1.95. The summed E-state index contributed by atoms with van der Waals surface area (Å²) in [5, 5.41) is 44.2. The number of carbonyl (C=O) groups excluding carboxylic acids is 4. The summed E-state index contributed by atoms with van der Waals surface area (Å²) in [6, 6.07) is -1.28. The molecule has 1 fully saturated rings. The molecule has 15 nitrogen and oxygen atoms in total. The molecular formula is C40H77N5O10. The quantitative estimate of drug-likeness (QED) is 0.0204. The molecule has 0 aromatic carbocycles. The lowest BCUT2D eigenvalue weighted by molar-refractivity contribution is -0.300. The van der Waals surface area contributed by atoms with Gasteiger partial charge in [0.25, 0.3) is 5.91 Å². The summed E-state index contributed by atoms with van der Waals surface area (Å²) in [6.45, 7) is 4.91. The molecule has 0 aromatic heterocycles. The van der Waals surface area contributed by atoms with Crippen LogP contribution < -0.4 is 21.9 Å². The fourth-order valence-corrected chi connectivity index (χ4v) is 6.72. The minimum atomic E-state index is -1.60. The molecule has 1 saturated heterocycles. The number of aliphatic hydroxyl groups excluding tert-OH is 4. The van der Waals surface area contributed by atoms with Crippen LogP contribution in [0.25, 0.3) is 0 Å². The van der Waals surface area contributed by atoms with E-state index in [2.05, 4.69) is 24.5 Å². The highest BCUT2D eigenvalue weighted by atomic mass is 16.7. The van der Waals surface area contributed by atoms with Crippen molar-refractivity contribution in [1.82, 2.24) is 21.0 Å². The minimum Gasteiger partial charge on any atom is -0.394 e. The van der Waals surface area contributed by atoms with E-state index < -0.39 is 67.5 Å². The summed E-state index contributed by atoms with van der Waals surface area (Å²) in [7, 11) is 0. The molecule has 0 bridgehead atoms. The van der Waals surface area contributed by atoms with E-state index in [1.54, 1.807) is 0 Å². The maximum atomic E-state index is 13.3. The number of carbonyl (C=O) groups is 4. The third kappa shape index (κ3) is 23.4. The van der Waals surface area contributed by atoms with Gasteiger partial charge in [-0.25, -0.2) is 5.84 Å². The first-order valence-corrected chi connectivity index (χ1v) is 21.4. The van der Waals surface area contributed by atoms with Gasteiger partial charge in [-0.1, -0.05) is 129 Å². The van der Waals surface area contributed by atoms with Crippen LogP contribution in [0.2, 0.25) is 0 Å². The van der Waals surface area contributed by atoms with Gasteiger partial charge in [-0.05, 0) is 12.8 Å². The molecule has 0 saturated carbocycles. The van der Waals surface area contributed by atoms with Crippen LogP contribution in [0.1, 0.15) is 162 Å². The summed E-state index contributed by atoms with van der Waals surface area (Å²) >= 11 is 0. The van der Waals surface area contributed by atoms with Gasteiger partial charge in [0.15, 0.2) is 6.29 Å². The zero-order valence-corrected chi connectivity index (χ0v) is 34.0. The summed E-state index contributed by atoms with van der Waals surface area (Å²) in [5.74, 6) is 3.26. The zero-order chi connectivity index (χ0) is 40.7. The van der Waals surface area contributed by atoms with Crippen molar-refractivity contribution in [2.24, 2.45) is 5.84 Å². The topological polar surface area (TPSA) is 233 Å². The first-order valence-electron chi connectivity index (χ1n) is 21.4.